The molecule has 1 aliphatic heterocycles. The molecule has 0 aliphatic carbocycles. The van der Waals surface area contributed by atoms with Gasteiger partial charge < -0.3 is 9.25 Å². The summed E-state index contributed by atoms with van der Waals surface area (Å²) in [5.41, 5.74) is 1.01. The summed E-state index contributed by atoms with van der Waals surface area (Å²) < 4.78 is 5.05. The Kier molecular flexibility index (Phi) is 1.73. The molecule has 0 amide bonds. The molecule has 2 heterocycles. The van der Waals surface area contributed by atoms with E-state index in [1.165, 1.54) is 0 Å². The van der Waals surface area contributed by atoms with Gasteiger partial charge in [0, 0.05) is 0 Å². The number of furan rings is 1. The first-order valence-corrected chi connectivity index (χ1v) is 3.79. The molecule has 0 saturated carbocycles. The van der Waals surface area contributed by atoms with Crippen molar-refractivity contribution in [3.63, 3.8) is 0 Å². The average molecular weight is 177 g/mol. The van der Waals surface area contributed by atoms with Crippen molar-refractivity contribution in [1.82, 2.24) is 0 Å². The molecular formula is C9H7NO3. The van der Waals surface area contributed by atoms with Crippen molar-refractivity contribution in [2.45, 2.75) is 6.92 Å². The van der Waals surface area contributed by atoms with Gasteiger partial charge in [0.2, 0.25) is 0 Å². The van der Waals surface area contributed by atoms with Crippen LogP contribution in [-0.4, -0.2) is 11.7 Å². The van der Waals surface area contributed by atoms with E-state index >= 15 is 0 Å². The number of nitrogens with zero attached hydrogens (tertiary/aromatic N) is 1. The van der Waals surface area contributed by atoms with Crippen LogP contribution in [0, 0.1) is 0 Å². The van der Waals surface area contributed by atoms with Gasteiger partial charge in [0.25, 0.3) is 0 Å². The van der Waals surface area contributed by atoms with Gasteiger partial charge in [-0.05, 0) is 25.1 Å². The molecule has 2 rings (SSSR count). The number of hydrogen-bond acceptors (Lipinski definition) is 4. The van der Waals surface area contributed by atoms with Crippen molar-refractivity contribution >= 4 is 17.8 Å². The predicted molar refractivity (Wildman–Crippen MR) is 45.9 cm³/mol. The third-order valence-electron chi connectivity index (χ3n) is 1.70. The first-order chi connectivity index (χ1) is 6.27. The molecule has 0 saturated heterocycles. The Labute approximate surface area is 74.5 Å². The summed E-state index contributed by atoms with van der Waals surface area (Å²) >= 11 is 0. The second kappa shape index (κ2) is 2.90. The fourth-order valence-corrected chi connectivity index (χ4v) is 1.03. The Morgan fingerprint density at radius 3 is 2.92 bits per heavy atom. The van der Waals surface area contributed by atoms with Crippen molar-refractivity contribution in [1.29, 1.82) is 0 Å². The van der Waals surface area contributed by atoms with Crippen molar-refractivity contribution in [2.24, 2.45) is 5.16 Å². The lowest BCUT2D eigenvalue weighted by atomic mass is 10.1. The van der Waals surface area contributed by atoms with Gasteiger partial charge in [0.05, 0.1) is 17.5 Å². The van der Waals surface area contributed by atoms with E-state index in [1.807, 2.05) is 0 Å². The number of carbonyl (C=O) groups is 1. The lowest BCUT2D eigenvalue weighted by molar-refractivity contribution is -0.136. The van der Waals surface area contributed by atoms with Gasteiger partial charge in [-0.1, -0.05) is 5.16 Å². The highest BCUT2D eigenvalue weighted by atomic mass is 16.7. The molecule has 4 heteroatoms. The van der Waals surface area contributed by atoms with Crippen LogP contribution in [0.15, 0.2) is 33.5 Å². The van der Waals surface area contributed by atoms with E-state index in [-0.39, 0.29) is 0 Å². The molecule has 0 unspecified atom stereocenters. The fraction of sp³-hybridized carbons (Fsp3) is 0.111. The Bertz CT molecular complexity index is 387. The minimum atomic E-state index is -0.436. The van der Waals surface area contributed by atoms with Crippen molar-refractivity contribution < 1.29 is 14.0 Å². The second-order valence-electron chi connectivity index (χ2n) is 2.63. The average Bonchev–Trinajstić information content (AvgIpc) is 2.70. The summed E-state index contributed by atoms with van der Waals surface area (Å²) in [5, 5.41) is 3.54. The molecule has 0 spiro atoms. The van der Waals surface area contributed by atoms with E-state index < -0.39 is 5.97 Å². The molecule has 0 bridgehead atoms. The van der Waals surface area contributed by atoms with Crippen molar-refractivity contribution in [3.05, 3.63) is 29.7 Å². The molecule has 4 nitrogen and oxygen atoms in total. The minimum absolute atomic E-state index is 0.436. The molecule has 1 aliphatic rings. The molecule has 0 radical (unpaired) electrons. The van der Waals surface area contributed by atoms with Crippen LogP contribution in [0.5, 0.6) is 0 Å². The normalized spacial score (nSPS) is 19.0. The van der Waals surface area contributed by atoms with Crippen LogP contribution in [0.2, 0.25) is 0 Å². The first-order valence-electron chi connectivity index (χ1n) is 3.79. The maximum absolute atomic E-state index is 11.1. The lowest BCUT2D eigenvalue weighted by Crippen LogP contribution is -2.01. The Hall–Kier alpha value is -1.84. The molecule has 1 aromatic heterocycles. The third kappa shape index (κ3) is 1.38. The zero-order valence-electron chi connectivity index (χ0n) is 6.98. The third-order valence-corrected chi connectivity index (χ3v) is 1.70. The summed E-state index contributed by atoms with van der Waals surface area (Å²) in [5.74, 6) is 0.178. The van der Waals surface area contributed by atoms with Gasteiger partial charge in [0.1, 0.15) is 5.76 Å². The molecule has 0 atom stereocenters. The van der Waals surface area contributed by atoms with Crippen LogP contribution in [-0.2, 0) is 9.63 Å². The molecule has 66 valence electrons. The van der Waals surface area contributed by atoms with Gasteiger partial charge in [-0.3, -0.25) is 0 Å². The quantitative estimate of drug-likeness (QED) is 0.483. The SMILES string of the molecule is CC1=NOC(=O)C1=Cc1ccco1. The monoisotopic (exact) mass is 177 g/mol. The standard InChI is InChI=1S/C9H7NO3/c1-6-8(9(11)13-10-6)5-7-3-2-4-12-7/h2-5H,1H3. The molecule has 0 N–H and O–H groups in total. The summed E-state index contributed by atoms with van der Waals surface area (Å²) in [6, 6.07) is 3.50. The Morgan fingerprint density at radius 2 is 2.38 bits per heavy atom. The minimum Gasteiger partial charge on any atom is -0.465 e. The lowest BCUT2D eigenvalue weighted by Gasteiger charge is -1.89. The predicted octanol–water partition coefficient (Wildman–Crippen LogP) is 1.60. The number of rotatable bonds is 1. The molecular weight excluding hydrogens is 170 g/mol. The Morgan fingerprint density at radius 1 is 1.54 bits per heavy atom. The van der Waals surface area contributed by atoms with Gasteiger partial charge in [-0.2, -0.15) is 0 Å². The highest BCUT2D eigenvalue weighted by Crippen LogP contribution is 2.15. The molecule has 0 fully saturated rings. The van der Waals surface area contributed by atoms with E-state index in [4.69, 9.17) is 4.42 Å². The van der Waals surface area contributed by atoms with E-state index in [0.29, 0.717) is 17.0 Å². The maximum atomic E-state index is 11.1. The topological polar surface area (TPSA) is 51.8 Å². The van der Waals surface area contributed by atoms with Crippen LogP contribution in [0.3, 0.4) is 0 Å². The van der Waals surface area contributed by atoms with Gasteiger partial charge in [-0.25, -0.2) is 4.79 Å². The zero-order chi connectivity index (χ0) is 9.26. The molecule has 13 heavy (non-hydrogen) atoms. The van der Waals surface area contributed by atoms with E-state index in [2.05, 4.69) is 9.99 Å². The highest BCUT2D eigenvalue weighted by molar-refractivity contribution is 6.24. The first kappa shape index (κ1) is 7.79. The molecule has 0 aromatic carbocycles. The van der Waals surface area contributed by atoms with Gasteiger partial charge >= 0.3 is 5.97 Å². The largest absolute Gasteiger partial charge is 0.465 e. The fourth-order valence-electron chi connectivity index (χ4n) is 1.03. The zero-order valence-corrected chi connectivity index (χ0v) is 6.98. The number of oxime groups is 1. The Balaban J connectivity index is 2.35. The van der Waals surface area contributed by atoms with Crippen LogP contribution in [0.4, 0.5) is 0 Å². The van der Waals surface area contributed by atoms with E-state index in [9.17, 15) is 4.79 Å². The maximum Gasteiger partial charge on any atom is 0.367 e. The van der Waals surface area contributed by atoms with E-state index in [0.717, 1.165) is 0 Å². The van der Waals surface area contributed by atoms with Crippen LogP contribution in [0.1, 0.15) is 12.7 Å². The van der Waals surface area contributed by atoms with Crippen molar-refractivity contribution in [3.8, 4) is 0 Å². The van der Waals surface area contributed by atoms with Crippen LogP contribution < -0.4 is 0 Å². The van der Waals surface area contributed by atoms with Crippen LogP contribution >= 0.6 is 0 Å². The highest BCUT2D eigenvalue weighted by Gasteiger charge is 2.21. The van der Waals surface area contributed by atoms with Crippen molar-refractivity contribution in [2.75, 3.05) is 0 Å². The van der Waals surface area contributed by atoms with Gasteiger partial charge in [-0.15, -0.1) is 0 Å². The van der Waals surface area contributed by atoms with E-state index in [1.54, 1.807) is 31.4 Å². The number of hydrogen-bond donors (Lipinski definition) is 0. The van der Waals surface area contributed by atoms with Gasteiger partial charge in [0.15, 0.2) is 0 Å². The molecule has 1 aromatic rings. The number of carbonyl (C=O) groups excluding carboxylic acids is 1. The second-order valence-corrected chi connectivity index (χ2v) is 2.63. The smallest absolute Gasteiger partial charge is 0.367 e. The summed E-state index contributed by atoms with van der Waals surface area (Å²) in [6.45, 7) is 1.71. The summed E-state index contributed by atoms with van der Waals surface area (Å²) in [4.78, 5) is 15.5. The van der Waals surface area contributed by atoms with Crippen LogP contribution in [0.25, 0.3) is 6.08 Å². The summed E-state index contributed by atoms with van der Waals surface area (Å²) in [6.07, 6.45) is 3.15. The summed E-state index contributed by atoms with van der Waals surface area (Å²) in [7, 11) is 0.